The van der Waals surface area contributed by atoms with Crippen LogP contribution in [0.5, 0.6) is 0 Å². The minimum atomic E-state index is -0.0144. The van der Waals surface area contributed by atoms with Crippen LogP contribution in [0, 0.1) is 13.8 Å². The first-order valence-electron chi connectivity index (χ1n) is 12.8. The van der Waals surface area contributed by atoms with Crippen LogP contribution in [0.4, 0.5) is 11.4 Å². The molecule has 36 heavy (non-hydrogen) atoms. The first-order chi connectivity index (χ1) is 17.5. The van der Waals surface area contributed by atoms with Gasteiger partial charge in [0.1, 0.15) is 0 Å². The third kappa shape index (κ3) is 5.29. The van der Waals surface area contributed by atoms with Crippen molar-refractivity contribution >= 4 is 23.2 Å². The number of amides is 2. The molecular weight excluding hydrogens is 448 g/mol. The topological polar surface area (TPSA) is 55.9 Å². The highest BCUT2D eigenvalue weighted by molar-refractivity contribution is 5.95. The largest absolute Gasteiger partial charge is 0.367 e. The van der Waals surface area contributed by atoms with Crippen molar-refractivity contribution < 1.29 is 9.59 Å². The number of rotatable bonds is 5. The van der Waals surface area contributed by atoms with Gasteiger partial charge in [-0.15, -0.1) is 0 Å². The standard InChI is InChI=1S/C30H34N4O2/c1-22-6-5-9-28(23(22)2)31-29(35)21-32-16-18-33(19-17-32)30(36)25-10-12-27(13-11-25)34-15-14-24-7-3-4-8-26(24)20-34/h3-13H,14-21H2,1-2H3,(H,31,35). The third-order valence-electron chi connectivity index (χ3n) is 7.52. The Morgan fingerprint density at radius 2 is 1.53 bits per heavy atom. The van der Waals surface area contributed by atoms with E-state index in [-0.39, 0.29) is 11.8 Å². The van der Waals surface area contributed by atoms with Gasteiger partial charge in [0, 0.05) is 56.2 Å². The smallest absolute Gasteiger partial charge is 0.253 e. The summed E-state index contributed by atoms with van der Waals surface area (Å²) in [5.74, 6) is 0.0458. The van der Waals surface area contributed by atoms with Crippen molar-refractivity contribution in [1.82, 2.24) is 9.80 Å². The molecule has 2 aliphatic heterocycles. The molecule has 0 bridgehead atoms. The fourth-order valence-electron chi connectivity index (χ4n) is 5.10. The molecule has 0 aromatic heterocycles. The van der Waals surface area contributed by atoms with E-state index in [0.717, 1.165) is 47.6 Å². The van der Waals surface area contributed by atoms with Crippen molar-refractivity contribution in [1.29, 1.82) is 0 Å². The zero-order valence-corrected chi connectivity index (χ0v) is 21.2. The summed E-state index contributed by atoms with van der Waals surface area (Å²) >= 11 is 0. The van der Waals surface area contributed by atoms with Crippen molar-refractivity contribution in [3.05, 3.63) is 94.5 Å². The lowest BCUT2D eigenvalue weighted by molar-refractivity contribution is -0.117. The van der Waals surface area contributed by atoms with Crippen molar-refractivity contribution in [2.75, 3.05) is 49.5 Å². The van der Waals surface area contributed by atoms with Gasteiger partial charge in [0.05, 0.1) is 6.54 Å². The summed E-state index contributed by atoms with van der Waals surface area (Å²) in [7, 11) is 0. The summed E-state index contributed by atoms with van der Waals surface area (Å²) in [4.78, 5) is 32.1. The summed E-state index contributed by atoms with van der Waals surface area (Å²) in [5.41, 5.74) is 7.81. The molecule has 2 heterocycles. The molecule has 1 N–H and O–H groups in total. The van der Waals surface area contributed by atoms with Gasteiger partial charge < -0.3 is 15.1 Å². The van der Waals surface area contributed by atoms with Gasteiger partial charge in [-0.3, -0.25) is 14.5 Å². The van der Waals surface area contributed by atoms with Gasteiger partial charge in [0.2, 0.25) is 5.91 Å². The zero-order chi connectivity index (χ0) is 25.1. The molecule has 0 atom stereocenters. The summed E-state index contributed by atoms with van der Waals surface area (Å²) in [5, 5.41) is 3.03. The second-order valence-corrected chi connectivity index (χ2v) is 9.85. The number of anilines is 2. The molecule has 0 spiro atoms. The average Bonchev–Trinajstić information content (AvgIpc) is 2.91. The number of hydrogen-bond acceptors (Lipinski definition) is 4. The third-order valence-corrected chi connectivity index (χ3v) is 7.52. The molecule has 3 aromatic rings. The molecule has 0 saturated carbocycles. The van der Waals surface area contributed by atoms with Crippen LogP contribution in [0.3, 0.4) is 0 Å². The van der Waals surface area contributed by atoms with Crippen LogP contribution in [-0.2, 0) is 17.8 Å². The van der Waals surface area contributed by atoms with E-state index < -0.39 is 0 Å². The van der Waals surface area contributed by atoms with Crippen molar-refractivity contribution in [2.45, 2.75) is 26.8 Å². The van der Waals surface area contributed by atoms with E-state index in [4.69, 9.17) is 0 Å². The maximum atomic E-state index is 13.1. The Hall–Kier alpha value is -3.64. The summed E-state index contributed by atoms with van der Waals surface area (Å²) < 4.78 is 0. The normalized spacial score (nSPS) is 15.9. The first kappa shape index (κ1) is 24.1. The molecular formula is C30H34N4O2. The fraction of sp³-hybridized carbons (Fsp3) is 0.333. The quantitative estimate of drug-likeness (QED) is 0.590. The molecule has 6 nitrogen and oxygen atoms in total. The summed E-state index contributed by atoms with van der Waals surface area (Å²) in [6.07, 6.45) is 1.05. The van der Waals surface area contributed by atoms with Crippen LogP contribution in [0.2, 0.25) is 0 Å². The lowest BCUT2D eigenvalue weighted by atomic mass is 9.99. The Labute approximate surface area is 213 Å². The second-order valence-electron chi connectivity index (χ2n) is 9.85. The Balaban J connectivity index is 1.12. The average molecular weight is 483 g/mol. The van der Waals surface area contributed by atoms with Crippen LogP contribution >= 0.6 is 0 Å². The minimum Gasteiger partial charge on any atom is -0.367 e. The van der Waals surface area contributed by atoms with Gasteiger partial charge in [0.15, 0.2) is 0 Å². The maximum absolute atomic E-state index is 13.1. The van der Waals surface area contributed by atoms with Gasteiger partial charge >= 0.3 is 0 Å². The number of benzene rings is 3. The lowest BCUT2D eigenvalue weighted by Gasteiger charge is -2.34. The molecule has 1 fully saturated rings. The van der Waals surface area contributed by atoms with Gasteiger partial charge in [0.25, 0.3) is 5.91 Å². The Bertz CT molecular complexity index is 1250. The van der Waals surface area contributed by atoms with Crippen LogP contribution in [-0.4, -0.2) is 60.9 Å². The van der Waals surface area contributed by atoms with Crippen molar-refractivity contribution in [2.24, 2.45) is 0 Å². The maximum Gasteiger partial charge on any atom is 0.253 e. The predicted molar refractivity (Wildman–Crippen MR) is 145 cm³/mol. The number of piperazine rings is 1. The molecule has 3 aromatic carbocycles. The van der Waals surface area contributed by atoms with E-state index in [2.05, 4.69) is 51.5 Å². The minimum absolute atomic E-state index is 0.0144. The Morgan fingerprint density at radius 1 is 0.806 bits per heavy atom. The molecule has 1 saturated heterocycles. The number of nitrogens with zero attached hydrogens (tertiary/aromatic N) is 3. The highest BCUT2D eigenvalue weighted by atomic mass is 16.2. The van der Waals surface area contributed by atoms with Crippen molar-refractivity contribution in [3.8, 4) is 0 Å². The highest BCUT2D eigenvalue weighted by Gasteiger charge is 2.24. The van der Waals surface area contributed by atoms with Crippen LogP contribution in [0.25, 0.3) is 0 Å². The van der Waals surface area contributed by atoms with E-state index in [1.807, 2.05) is 49.1 Å². The van der Waals surface area contributed by atoms with Crippen molar-refractivity contribution in [3.63, 3.8) is 0 Å². The van der Waals surface area contributed by atoms with Crippen LogP contribution < -0.4 is 10.2 Å². The molecule has 2 amide bonds. The molecule has 0 unspecified atom stereocenters. The number of carbonyl (C=O) groups is 2. The molecule has 186 valence electrons. The molecule has 0 radical (unpaired) electrons. The Kier molecular flexibility index (Phi) is 7.05. The first-order valence-corrected chi connectivity index (χ1v) is 12.8. The molecule has 0 aliphatic carbocycles. The Morgan fingerprint density at radius 3 is 2.28 bits per heavy atom. The highest BCUT2D eigenvalue weighted by Crippen LogP contribution is 2.25. The number of aryl methyl sites for hydroxylation is 1. The van der Waals surface area contributed by atoms with Gasteiger partial charge in [-0.25, -0.2) is 0 Å². The van der Waals surface area contributed by atoms with Crippen LogP contribution in [0.1, 0.15) is 32.6 Å². The monoisotopic (exact) mass is 482 g/mol. The summed E-state index contributed by atoms with van der Waals surface area (Å²) in [6.45, 7) is 8.93. The number of fused-ring (bicyclic) bond motifs is 1. The molecule has 2 aliphatic rings. The SMILES string of the molecule is Cc1cccc(NC(=O)CN2CCN(C(=O)c3ccc(N4CCc5ccccc5C4)cc3)CC2)c1C. The number of nitrogens with one attached hydrogen (secondary N) is 1. The van der Waals surface area contributed by atoms with E-state index >= 15 is 0 Å². The van der Waals surface area contributed by atoms with E-state index in [1.54, 1.807) is 0 Å². The van der Waals surface area contributed by atoms with Gasteiger partial charge in [-0.05, 0) is 72.9 Å². The second kappa shape index (κ2) is 10.5. The van der Waals surface area contributed by atoms with Gasteiger partial charge in [-0.1, -0.05) is 36.4 Å². The van der Waals surface area contributed by atoms with E-state index in [0.29, 0.717) is 32.7 Å². The van der Waals surface area contributed by atoms with E-state index in [9.17, 15) is 9.59 Å². The number of hydrogen-bond donors (Lipinski definition) is 1. The van der Waals surface area contributed by atoms with E-state index in [1.165, 1.54) is 11.1 Å². The van der Waals surface area contributed by atoms with Gasteiger partial charge in [-0.2, -0.15) is 0 Å². The number of carbonyl (C=O) groups excluding carboxylic acids is 2. The summed E-state index contributed by atoms with van der Waals surface area (Å²) in [6, 6.07) is 22.6. The fourth-order valence-corrected chi connectivity index (χ4v) is 5.10. The molecule has 6 heteroatoms. The predicted octanol–water partition coefficient (Wildman–Crippen LogP) is 4.26. The lowest BCUT2D eigenvalue weighted by Crippen LogP contribution is -2.50. The molecule has 5 rings (SSSR count). The zero-order valence-electron chi connectivity index (χ0n) is 21.2. The van der Waals surface area contributed by atoms with Crippen LogP contribution in [0.15, 0.2) is 66.7 Å².